The summed E-state index contributed by atoms with van der Waals surface area (Å²) in [6, 6.07) is 3.52. The van der Waals surface area contributed by atoms with Gasteiger partial charge in [0, 0.05) is 10.7 Å². The van der Waals surface area contributed by atoms with Gasteiger partial charge in [-0.25, -0.2) is 8.42 Å². The second kappa shape index (κ2) is 2.84. The van der Waals surface area contributed by atoms with Crippen LogP contribution in [-0.4, -0.2) is 18.6 Å². The van der Waals surface area contributed by atoms with Gasteiger partial charge in [-0.2, -0.15) is 0 Å². The van der Waals surface area contributed by atoms with Crippen molar-refractivity contribution in [2.75, 3.05) is 0 Å². The summed E-state index contributed by atoms with van der Waals surface area (Å²) in [5.41, 5.74) is 0. The predicted molar refractivity (Wildman–Crippen MR) is 42.8 cm³/mol. The molecule has 6 heteroatoms. The molecule has 0 amide bonds. The number of hydrogen-bond donors (Lipinski definition) is 2. The van der Waals surface area contributed by atoms with E-state index >= 15 is 0 Å². The maximum absolute atomic E-state index is 10.7. The van der Waals surface area contributed by atoms with E-state index in [0.717, 1.165) is 12.1 Å². The molecule has 0 fully saturated rings. The van der Waals surface area contributed by atoms with Gasteiger partial charge in [-0.15, -0.1) is 0 Å². The molecule has 0 spiro atoms. The maximum Gasteiger partial charge on any atom is 0.265 e. The van der Waals surface area contributed by atoms with E-state index in [0.29, 0.717) is 0 Å². The number of para-hydroxylation sites is 1. The molecule has 0 saturated carbocycles. The van der Waals surface area contributed by atoms with E-state index in [1.165, 1.54) is 6.07 Å². The van der Waals surface area contributed by atoms with Gasteiger partial charge in [0.25, 0.3) is 9.05 Å². The van der Waals surface area contributed by atoms with E-state index in [1.54, 1.807) is 0 Å². The number of phenolic OH excluding ortho intramolecular Hbond substituents is 2. The highest BCUT2D eigenvalue weighted by Gasteiger charge is 2.17. The average Bonchev–Trinajstić information content (AvgIpc) is 1.92. The highest BCUT2D eigenvalue weighted by molar-refractivity contribution is 8.13. The first-order valence-electron chi connectivity index (χ1n) is 2.88. The van der Waals surface area contributed by atoms with E-state index < -0.39 is 25.4 Å². The second-order valence-corrected chi connectivity index (χ2v) is 4.60. The first kappa shape index (κ1) is 9.15. The Hall–Kier alpha value is -0.940. The van der Waals surface area contributed by atoms with Crippen LogP contribution >= 0.6 is 10.7 Å². The summed E-state index contributed by atoms with van der Waals surface area (Å²) < 4.78 is 21.4. The molecule has 12 heavy (non-hydrogen) atoms. The fourth-order valence-corrected chi connectivity index (χ4v) is 1.66. The summed E-state index contributed by atoms with van der Waals surface area (Å²) in [6.07, 6.45) is 0. The number of rotatable bonds is 1. The molecule has 1 aromatic rings. The van der Waals surface area contributed by atoms with Gasteiger partial charge >= 0.3 is 0 Å². The number of halogens is 1. The quantitative estimate of drug-likeness (QED) is 0.534. The lowest BCUT2D eigenvalue weighted by atomic mass is 10.3. The molecule has 0 atom stereocenters. The third-order valence-corrected chi connectivity index (χ3v) is 2.59. The zero-order valence-electron chi connectivity index (χ0n) is 5.73. The second-order valence-electron chi connectivity index (χ2n) is 2.06. The van der Waals surface area contributed by atoms with Crippen molar-refractivity contribution < 1.29 is 18.6 Å². The average molecular weight is 209 g/mol. The Balaban J connectivity index is 3.47. The van der Waals surface area contributed by atoms with Crippen molar-refractivity contribution in [1.29, 1.82) is 0 Å². The lowest BCUT2D eigenvalue weighted by molar-refractivity contribution is 0.393. The van der Waals surface area contributed by atoms with E-state index in [9.17, 15) is 8.42 Å². The Labute approximate surface area is 73.5 Å². The van der Waals surface area contributed by atoms with Crippen LogP contribution in [0.3, 0.4) is 0 Å². The topological polar surface area (TPSA) is 74.6 Å². The Kier molecular flexibility index (Phi) is 2.16. The van der Waals surface area contributed by atoms with Crippen molar-refractivity contribution in [1.82, 2.24) is 0 Å². The third-order valence-electron chi connectivity index (χ3n) is 1.24. The molecule has 66 valence electrons. The Morgan fingerprint density at radius 2 is 1.83 bits per heavy atom. The van der Waals surface area contributed by atoms with Crippen molar-refractivity contribution >= 4 is 19.7 Å². The van der Waals surface area contributed by atoms with Crippen molar-refractivity contribution in [3.63, 3.8) is 0 Å². The van der Waals surface area contributed by atoms with Crippen LogP contribution in [0.5, 0.6) is 11.5 Å². The van der Waals surface area contributed by atoms with Crippen LogP contribution in [0.4, 0.5) is 0 Å². The largest absolute Gasteiger partial charge is 0.504 e. The molecule has 1 aromatic carbocycles. The highest BCUT2D eigenvalue weighted by Crippen LogP contribution is 2.33. The normalized spacial score (nSPS) is 11.4. The van der Waals surface area contributed by atoms with Crippen LogP contribution in [0.25, 0.3) is 0 Å². The molecule has 0 aliphatic carbocycles. The lowest BCUT2D eigenvalue weighted by Gasteiger charge is -2.00. The highest BCUT2D eigenvalue weighted by atomic mass is 35.7. The molecule has 0 aliphatic heterocycles. The van der Waals surface area contributed by atoms with Gasteiger partial charge in [0.1, 0.15) is 4.90 Å². The number of benzene rings is 1. The number of hydrogen-bond acceptors (Lipinski definition) is 4. The molecule has 0 heterocycles. The third kappa shape index (κ3) is 1.62. The summed E-state index contributed by atoms with van der Waals surface area (Å²) in [7, 11) is 0.943. The van der Waals surface area contributed by atoms with Crippen molar-refractivity contribution in [3.05, 3.63) is 18.2 Å². The van der Waals surface area contributed by atoms with Gasteiger partial charge in [0.2, 0.25) is 0 Å². The molecule has 0 bridgehead atoms. The van der Waals surface area contributed by atoms with Crippen molar-refractivity contribution in [3.8, 4) is 11.5 Å². The summed E-state index contributed by atoms with van der Waals surface area (Å²) in [5.74, 6) is -1.25. The summed E-state index contributed by atoms with van der Waals surface area (Å²) in [6.45, 7) is 0. The van der Waals surface area contributed by atoms with E-state index in [1.807, 2.05) is 0 Å². The number of aromatic hydroxyl groups is 2. The van der Waals surface area contributed by atoms with Crippen molar-refractivity contribution in [2.45, 2.75) is 4.90 Å². The van der Waals surface area contributed by atoms with E-state index in [2.05, 4.69) is 0 Å². The van der Waals surface area contributed by atoms with E-state index in [-0.39, 0.29) is 0 Å². The maximum atomic E-state index is 10.7. The molecule has 4 nitrogen and oxygen atoms in total. The smallest absolute Gasteiger partial charge is 0.265 e. The van der Waals surface area contributed by atoms with Crippen molar-refractivity contribution in [2.24, 2.45) is 0 Å². The van der Waals surface area contributed by atoms with Gasteiger partial charge in [0.05, 0.1) is 0 Å². The molecular formula is C6H5ClO4S. The Bertz CT molecular complexity index is 398. The van der Waals surface area contributed by atoms with Crippen LogP contribution in [-0.2, 0) is 9.05 Å². The molecule has 0 radical (unpaired) electrons. The lowest BCUT2D eigenvalue weighted by Crippen LogP contribution is -1.90. The zero-order valence-corrected chi connectivity index (χ0v) is 7.30. The van der Waals surface area contributed by atoms with Crippen LogP contribution in [0.2, 0.25) is 0 Å². The zero-order chi connectivity index (χ0) is 9.35. The minimum absolute atomic E-state index is 0.496. The summed E-state index contributed by atoms with van der Waals surface area (Å²) in [5, 5.41) is 17.9. The molecule has 0 saturated heterocycles. The fraction of sp³-hybridized carbons (Fsp3) is 0. The summed E-state index contributed by atoms with van der Waals surface area (Å²) >= 11 is 0. The van der Waals surface area contributed by atoms with Gasteiger partial charge in [-0.05, 0) is 12.1 Å². The van der Waals surface area contributed by atoms with Gasteiger partial charge in [-0.3, -0.25) is 0 Å². The molecule has 2 N–H and O–H groups in total. The SMILES string of the molecule is O=S(=O)(Cl)c1cccc(O)c1O. The fourth-order valence-electron chi connectivity index (χ4n) is 0.707. The van der Waals surface area contributed by atoms with Gasteiger partial charge in [-0.1, -0.05) is 6.07 Å². The monoisotopic (exact) mass is 208 g/mol. The first-order valence-corrected chi connectivity index (χ1v) is 5.19. The van der Waals surface area contributed by atoms with Crippen LogP contribution in [0.1, 0.15) is 0 Å². The minimum atomic E-state index is -3.99. The number of phenols is 2. The standard InChI is InChI=1S/C6H5ClO4S/c7-12(10,11)5-3-1-2-4(8)6(5)9/h1-3,8-9H. The van der Waals surface area contributed by atoms with Crippen LogP contribution < -0.4 is 0 Å². The predicted octanol–water partition coefficient (Wildman–Crippen LogP) is 1.03. The minimum Gasteiger partial charge on any atom is -0.504 e. The molecule has 0 unspecified atom stereocenters. The van der Waals surface area contributed by atoms with Crippen LogP contribution in [0.15, 0.2) is 23.1 Å². The van der Waals surface area contributed by atoms with Gasteiger partial charge in [0.15, 0.2) is 11.5 Å². The molecular weight excluding hydrogens is 204 g/mol. The molecule has 1 rings (SSSR count). The first-order chi connectivity index (χ1) is 5.43. The molecule has 0 aliphatic rings. The Morgan fingerprint density at radius 3 is 2.25 bits per heavy atom. The summed E-state index contributed by atoms with van der Waals surface area (Å²) in [4.78, 5) is -0.496. The van der Waals surface area contributed by atoms with E-state index in [4.69, 9.17) is 20.9 Å². The molecule has 0 aromatic heterocycles. The van der Waals surface area contributed by atoms with Crippen LogP contribution in [0, 0.1) is 0 Å². The van der Waals surface area contributed by atoms with Gasteiger partial charge < -0.3 is 10.2 Å². The Morgan fingerprint density at radius 1 is 1.25 bits per heavy atom.